The number of rotatable bonds is 4. The largest absolute Gasteiger partial charge is 0.394 e. The Balaban J connectivity index is 1.96. The summed E-state index contributed by atoms with van der Waals surface area (Å²) in [4.78, 5) is 2.39. The van der Waals surface area contributed by atoms with Crippen LogP contribution in [-0.2, 0) is 7.05 Å². The molecule has 0 radical (unpaired) electrons. The van der Waals surface area contributed by atoms with Gasteiger partial charge in [0.15, 0.2) is 0 Å². The highest BCUT2D eigenvalue weighted by Gasteiger charge is 2.19. The van der Waals surface area contributed by atoms with Crippen LogP contribution >= 0.6 is 0 Å². The highest BCUT2D eigenvalue weighted by molar-refractivity contribution is 5.65. The summed E-state index contributed by atoms with van der Waals surface area (Å²) in [6, 6.07) is 0. The van der Waals surface area contributed by atoms with Crippen molar-refractivity contribution in [3.8, 4) is 0 Å². The minimum atomic E-state index is 0.366. The van der Waals surface area contributed by atoms with Crippen LogP contribution in [0.25, 0.3) is 0 Å². The van der Waals surface area contributed by atoms with Gasteiger partial charge in [-0.15, -0.1) is 0 Å². The minimum absolute atomic E-state index is 0.366. The van der Waals surface area contributed by atoms with E-state index in [2.05, 4.69) is 36.2 Å². The third-order valence-electron chi connectivity index (χ3n) is 4.06. The zero-order chi connectivity index (χ0) is 14.0. The lowest BCUT2D eigenvalue weighted by molar-refractivity contribution is 0.226. The van der Waals surface area contributed by atoms with Crippen molar-refractivity contribution >= 4 is 11.5 Å². The van der Waals surface area contributed by atoms with Crippen molar-refractivity contribution in [3.05, 3.63) is 5.69 Å². The second-order valence-electron chi connectivity index (χ2n) is 6.05. The van der Waals surface area contributed by atoms with Gasteiger partial charge in [0.05, 0.1) is 11.4 Å². The quantitative estimate of drug-likeness (QED) is 0.872. The van der Waals surface area contributed by atoms with Crippen LogP contribution in [0.3, 0.4) is 0 Å². The summed E-state index contributed by atoms with van der Waals surface area (Å²) in [5, 5.41) is 8.00. The highest BCUT2D eigenvalue weighted by atomic mass is 15.3. The SMILES string of the molecule is CC(C)c1nn(C)c(NCC2CCN(C)CC2)c1N. The van der Waals surface area contributed by atoms with Crippen LogP contribution in [0.1, 0.15) is 38.3 Å². The number of nitrogen functional groups attached to an aromatic ring is 1. The molecule has 0 atom stereocenters. The lowest BCUT2D eigenvalue weighted by Gasteiger charge is -2.29. The molecule has 19 heavy (non-hydrogen) atoms. The van der Waals surface area contributed by atoms with Gasteiger partial charge in [-0.25, -0.2) is 0 Å². The third kappa shape index (κ3) is 3.21. The van der Waals surface area contributed by atoms with Crippen LogP contribution in [0.2, 0.25) is 0 Å². The number of nitrogens with two attached hydrogens (primary N) is 1. The number of aromatic nitrogens is 2. The summed E-state index contributed by atoms with van der Waals surface area (Å²) >= 11 is 0. The van der Waals surface area contributed by atoms with E-state index in [1.165, 1.54) is 25.9 Å². The average Bonchev–Trinajstić information content (AvgIpc) is 2.65. The van der Waals surface area contributed by atoms with E-state index in [0.29, 0.717) is 5.92 Å². The number of likely N-dealkylation sites (tertiary alicyclic amines) is 1. The Kier molecular flexibility index (Phi) is 4.34. The first-order valence-corrected chi connectivity index (χ1v) is 7.23. The van der Waals surface area contributed by atoms with Crippen molar-refractivity contribution in [1.29, 1.82) is 0 Å². The van der Waals surface area contributed by atoms with Gasteiger partial charge in [-0.2, -0.15) is 5.10 Å². The van der Waals surface area contributed by atoms with Gasteiger partial charge in [-0.3, -0.25) is 4.68 Å². The molecular formula is C14H27N5. The molecule has 1 aromatic heterocycles. The summed E-state index contributed by atoms with van der Waals surface area (Å²) in [5.74, 6) is 2.08. The van der Waals surface area contributed by atoms with Gasteiger partial charge in [-0.1, -0.05) is 13.8 Å². The first kappa shape index (κ1) is 14.2. The van der Waals surface area contributed by atoms with Crippen LogP contribution in [0.15, 0.2) is 0 Å². The van der Waals surface area contributed by atoms with Gasteiger partial charge >= 0.3 is 0 Å². The zero-order valence-electron chi connectivity index (χ0n) is 12.6. The molecule has 5 heteroatoms. The Morgan fingerprint density at radius 2 is 1.95 bits per heavy atom. The van der Waals surface area contributed by atoms with Gasteiger partial charge in [0.1, 0.15) is 5.82 Å². The van der Waals surface area contributed by atoms with E-state index in [1.54, 1.807) is 0 Å². The molecule has 108 valence electrons. The van der Waals surface area contributed by atoms with E-state index >= 15 is 0 Å². The maximum absolute atomic E-state index is 6.19. The second kappa shape index (κ2) is 5.82. The van der Waals surface area contributed by atoms with Crippen molar-refractivity contribution in [2.24, 2.45) is 13.0 Å². The fourth-order valence-electron chi connectivity index (χ4n) is 2.70. The summed E-state index contributed by atoms with van der Waals surface area (Å²) < 4.78 is 1.87. The Hall–Kier alpha value is -1.23. The lowest BCUT2D eigenvalue weighted by atomic mass is 9.97. The number of aryl methyl sites for hydroxylation is 1. The number of nitrogens with one attached hydrogen (secondary N) is 1. The molecule has 0 amide bonds. The summed E-state index contributed by atoms with van der Waals surface area (Å²) in [5.41, 5.74) is 7.99. The molecule has 1 aliphatic rings. The summed E-state index contributed by atoms with van der Waals surface area (Å²) in [7, 11) is 4.15. The molecule has 1 aliphatic heterocycles. The first-order chi connectivity index (χ1) is 8.99. The van der Waals surface area contributed by atoms with Gasteiger partial charge in [0.2, 0.25) is 0 Å². The van der Waals surface area contributed by atoms with Crippen molar-refractivity contribution in [1.82, 2.24) is 14.7 Å². The normalized spacial score (nSPS) is 18.2. The maximum atomic E-state index is 6.19. The average molecular weight is 265 g/mol. The fraction of sp³-hybridized carbons (Fsp3) is 0.786. The molecule has 0 unspecified atom stereocenters. The molecule has 1 aromatic rings. The first-order valence-electron chi connectivity index (χ1n) is 7.23. The van der Waals surface area contributed by atoms with Crippen LogP contribution in [0.4, 0.5) is 11.5 Å². The molecule has 0 aromatic carbocycles. The maximum Gasteiger partial charge on any atom is 0.147 e. The van der Waals surface area contributed by atoms with E-state index < -0.39 is 0 Å². The molecule has 3 N–H and O–H groups in total. The second-order valence-corrected chi connectivity index (χ2v) is 6.05. The highest BCUT2D eigenvalue weighted by Crippen LogP contribution is 2.28. The molecule has 1 fully saturated rings. The monoisotopic (exact) mass is 265 g/mol. The predicted molar refractivity (Wildman–Crippen MR) is 80.4 cm³/mol. The predicted octanol–water partition coefficient (Wildman–Crippen LogP) is 1.88. The van der Waals surface area contributed by atoms with Gasteiger partial charge in [0.25, 0.3) is 0 Å². The van der Waals surface area contributed by atoms with Crippen molar-refractivity contribution < 1.29 is 0 Å². The summed E-state index contributed by atoms with van der Waals surface area (Å²) in [6.45, 7) is 7.64. The van der Waals surface area contributed by atoms with Crippen molar-refractivity contribution in [2.75, 3.05) is 37.7 Å². The molecule has 0 aliphatic carbocycles. The Labute approximate surface area is 116 Å². The standard InChI is InChI=1S/C14H27N5/c1-10(2)13-12(15)14(19(4)17-13)16-9-11-5-7-18(3)8-6-11/h10-11,16H,5-9,15H2,1-4H3. The van der Waals surface area contributed by atoms with E-state index in [0.717, 1.165) is 29.7 Å². The van der Waals surface area contributed by atoms with Crippen LogP contribution < -0.4 is 11.1 Å². The Morgan fingerprint density at radius 1 is 1.32 bits per heavy atom. The van der Waals surface area contributed by atoms with Gasteiger partial charge in [-0.05, 0) is 44.8 Å². The lowest BCUT2D eigenvalue weighted by Crippen LogP contribution is -2.33. The molecule has 0 saturated carbocycles. The molecule has 2 rings (SSSR count). The number of anilines is 2. The topological polar surface area (TPSA) is 59.1 Å². The van der Waals surface area contributed by atoms with E-state index in [4.69, 9.17) is 5.73 Å². The smallest absolute Gasteiger partial charge is 0.147 e. The molecule has 0 bridgehead atoms. The summed E-state index contributed by atoms with van der Waals surface area (Å²) in [6.07, 6.45) is 2.52. The molecule has 2 heterocycles. The minimum Gasteiger partial charge on any atom is -0.394 e. The van der Waals surface area contributed by atoms with Gasteiger partial charge in [0, 0.05) is 13.6 Å². The molecular weight excluding hydrogens is 238 g/mol. The molecule has 0 spiro atoms. The molecule has 5 nitrogen and oxygen atoms in total. The fourth-order valence-corrected chi connectivity index (χ4v) is 2.70. The van der Waals surface area contributed by atoms with Crippen molar-refractivity contribution in [3.63, 3.8) is 0 Å². The van der Waals surface area contributed by atoms with Crippen LogP contribution in [0.5, 0.6) is 0 Å². The zero-order valence-corrected chi connectivity index (χ0v) is 12.6. The number of piperidine rings is 1. The van der Waals surface area contributed by atoms with Gasteiger partial charge < -0.3 is 16.0 Å². The Bertz CT molecular complexity index is 416. The van der Waals surface area contributed by atoms with Crippen LogP contribution in [-0.4, -0.2) is 41.4 Å². The van der Waals surface area contributed by atoms with E-state index in [9.17, 15) is 0 Å². The Morgan fingerprint density at radius 3 is 2.47 bits per heavy atom. The van der Waals surface area contributed by atoms with E-state index in [-0.39, 0.29) is 0 Å². The number of hydrogen-bond acceptors (Lipinski definition) is 4. The van der Waals surface area contributed by atoms with Crippen molar-refractivity contribution in [2.45, 2.75) is 32.6 Å². The van der Waals surface area contributed by atoms with Crippen LogP contribution in [0, 0.1) is 5.92 Å². The number of hydrogen-bond donors (Lipinski definition) is 2. The number of nitrogens with zero attached hydrogens (tertiary/aromatic N) is 3. The molecule has 1 saturated heterocycles. The van der Waals surface area contributed by atoms with E-state index in [1.807, 2.05) is 11.7 Å². The third-order valence-corrected chi connectivity index (χ3v) is 4.06.